The zero-order valence-electron chi connectivity index (χ0n) is 11.4. The summed E-state index contributed by atoms with van der Waals surface area (Å²) in [6, 6.07) is 5.70. The molecule has 1 amide bonds. The first-order valence-electron chi connectivity index (χ1n) is 6.15. The number of nitriles is 1. The van der Waals surface area contributed by atoms with Crippen LogP contribution in [0.2, 0.25) is 0 Å². The maximum atomic E-state index is 13.2. The molecule has 1 aromatic rings. The molecule has 1 rings (SSSR count). The molecule has 0 fully saturated rings. The van der Waals surface area contributed by atoms with E-state index in [1.54, 1.807) is 24.9 Å². The standard InChI is InChI=1S/C14H18FN3O/c1-4-18(3)14(19)10(2)17-9-12-5-11(8-16)6-13(15)7-12/h5-7,10,17H,4,9H2,1-3H3. The molecule has 0 saturated heterocycles. The zero-order valence-corrected chi connectivity index (χ0v) is 11.4. The van der Waals surface area contributed by atoms with E-state index in [9.17, 15) is 9.18 Å². The van der Waals surface area contributed by atoms with Crippen molar-refractivity contribution in [2.24, 2.45) is 0 Å². The molecule has 4 nitrogen and oxygen atoms in total. The third kappa shape index (κ3) is 4.34. The van der Waals surface area contributed by atoms with E-state index in [1.807, 2.05) is 13.0 Å². The first-order valence-corrected chi connectivity index (χ1v) is 6.15. The van der Waals surface area contributed by atoms with Crippen LogP contribution in [0.4, 0.5) is 4.39 Å². The van der Waals surface area contributed by atoms with Gasteiger partial charge in [-0.3, -0.25) is 4.79 Å². The van der Waals surface area contributed by atoms with Crippen LogP contribution >= 0.6 is 0 Å². The molecular weight excluding hydrogens is 245 g/mol. The van der Waals surface area contributed by atoms with Crippen molar-refractivity contribution in [3.8, 4) is 6.07 Å². The van der Waals surface area contributed by atoms with Crippen LogP contribution in [0.1, 0.15) is 25.0 Å². The van der Waals surface area contributed by atoms with Gasteiger partial charge in [0.25, 0.3) is 0 Å². The lowest BCUT2D eigenvalue weighted by Crippen LogP contribution is -2.42. The fourth-order valence-corrected chi connectivity index (χ4v) is 1.66. The molecule has 0 spiro atoms. The third-order valence-electron chi connectivity index (χ3n) is 2.92. The number of benzene rings is 1. The van der Waals surface area contributed by atoms with Crippen LogP contribution in [-0.4, -0.2) is 30.4 Å². The number of hydrogen-bond donors (Lipinski definition) is 1. The Morgan fingerprint density at radius 3 is 2.79 bits per heavy atom. The van der Waals surface area contributed by atoms with Gasteiger partial charge in [0.2, 0.25) is 5.91 Å². The summed E-state index contributed by atoms with van der Waals surface area (Å²) in [6.45, 7) is 4.65. The average molecular weight is 263 g/mol. The van der Waals surface area contributed by atoms with Gasteiger partial charge in [0, 0.05) is 20.1 Å². The SMILES string of the molecule is CCN(C)C(=O)C(C)NCc1cc(F)cc(C#N)c1. The molecular formula is C14H18FN3O. The molecule has 19 heavy (non-hydrogen) atoms. The number of likely N-dealkylation sites (N-methyl/N-ethyl adjacent to an activating group) is 1. The molecule has 0 aromatic heterocycles. The Morgan fingerprint density at radius 2 is 2.21 bits per heavy atom. The van der Waals surface area contributed by atoms with E-state index in [4.69, 9.17) is 5.26 Å². The van der Waals surface area contributed by atoms with Gasteiger partial charge in [0.15, 0.2) is 0 Å². The molecule has 0 aliphatic heterocycles. The van der Waals surface area contributed by atoms with E-state index in [1.165, 1.54) is 12.1 Å². The summed E-state index contributed by atoms with van der Waals surface area (Å²) in [7, 11) is 1.73. The van der Waals surface area contributed by atoms with Crippen molar-refractivity contribution in [1.82, 2.24) is 10.2 Å². The second-order valence-electron chi connectivity index (χ2n) is 4.41. The lowest BCUT2D eigenvalue weighted by Gasteiger charge is -2.20. The summed E-state index contributed by atoms with van der Waals surface area (Å²) >= 11 is 0. The Labute approximate surface area is 112 Å². The van der Waals surface area contributed by atoms with E-state index in [2.05, 4.69) is 5.32 Å². The van der Waals surface area contributed by atoms with E-state index in [0.717, 1.165) is 0 Å². The van der Waals surface area contributed by atoms with Crippen molar-refractivity contribution in [2.45, 2.75) is 26.4 Å². The molecule has 1 unspecified atom stereocenters. The number of halogens is 1. The van der Waals surface area contributed by atoms with Crippen LogP contribution in [0.25, 0.3) is 0 Å². The highest BCUT2D eigenvalue weighted by atomic mass is 19.1. The van der Waals surface area contributed by atoms with Crippen LogP contribution in [0.15, 0.2) is 18.2 Å². The molecule has 1 N–H and O–H groups in total. The Hall–Kier alpha value is -1.93. The van der Waals surface area contributed by atoms with E-state index in [-0.39, 0.29) is 17.5 Å². The average Bonchev–Trinajstić information content (AvgIpc) is 2.42. The van der Waals surface area contributed by atoms with Crippen LogP contribution in [0.3, 0.4) is 0 Å². The van der Waals surface area contributed by atoms with Gasteiger partial charge in [-0.15, -0.1) is 0 Å². The lowest BCUT2D eigenvalue weighted by atomic mass is 10.1. The molecule has 0 bridgehead atoms. The summed E-state index contributed by atoms with van der Waals surface area (Å²) in [6.07, 6.45) is 0. The topological polar surface area (TPSA) is 56.1 Å². The van der Waals surface area contributed by atoms with E-state index < -0.39 is 5.82 Å². The van der Waals surface area contributed by atoms with Gasteiger partial charge in [-0.05, 0) is 37.6 Å². The second-order valence-corrected chi connectivity index (χ2v) is 4.41. The Bertz CT molecular complexity index is 496. The van der Waals surface area contributed by atoms with Gasteiger partial charge in [-0.1, -0.05) is 0 Å². The number of carbonyl (C=O) groups excluding carboxylic acids is 1. The van der Waals surface area contributed by atoms with Crippen LogP contribution in [0, 0.1) is 17.1 Å². The zero-order chi connectivity index (χ0) is 14.4. The Kier molecular flexibility index (Phi) is 5.46. The maximum Gasteiger partial charge on any atom is 0.239 e. The highest BCUT2D eigenvalue weighted by Gasteiger charge is 2.15. The molecule has 1 atom stereocenters. The molecule has 5 heteroatoms. The molecule has 0 aliphatic rings. The van der Waals surface area contributed by atoms with E-state index >= 15 is 0 Å². The number of nitrogens with zero attached hydrogens (tertiary/aromatic N) is 2. The molecule has 0 saturated carbocycles. The minimum absolute atomic E-state index is 0.0144. The Balaban J connectivity index is 2.65. The molecule has 0 heterocycles. The fourth-order valence-electron chi connectivity index (χ4n) is 1.66. The van der Waals surface area contributed by atoms with Crippen LogP contribution < -0.4 is 5.32 Å². The smallest absolute Gasteiger partial charge is 0.239 e. The molecule has 0 aliphatic carbocycles. The highest BCUT2D eigenvalue weighted by Crippen LogP contribution is 2.08. The van der Waals surface area contributed by atoms with Gasteiger partial charge in [0.1, 0.15) is 5.82 Å². The number of rotatable bonds is 5. The summed E-state index contributed by atoms with van der Waals surface area (Å²) in [5.74, 6) is -0.458. The van der Waals surface area contributed by atoms with Gasteiger partial charge in [-0.25, -0.2) is 4.39 Å². The first-order chi connectivity index (χ1) is 8.97. The van der Waals surface area contributed by atoms with Gasteiger partial charge >= 0.3 is 0 Å². The van der Waals surface area contributed by atoms with Crippen molar-refractivity contribution >= 4 is 5.91 Å². The monoisotopic (exact) mass is 263 g/mol. The van der Waals surface area contributed by atoms with E-state index in [0.29, 0.717) is 18.7 Å². The summed E-state index contributed by atoms with van der Waals surface area (Å²) in [4.78, 5) is 13.4. The number of carbonyl (C=O) groups is 1. The first kappa shape index (κ1) is 15.1. The van der Waals surface area contributed by atoms with Gasteiger partial charge in [-0.2, -0.15) is 5.26 Å². The fraction of sp³-hybridized carbons (Fsp3) is 0.429. The molecule has 0 radical (unpaired) electrons. The van der Waals surface area contributed by atoms with Crippen molar-refractivity contribution in [3.63, 3.8) is 0 Å². The van der Waals surface area contributed by atoms with Crippen LogP contribution in [0.5, 0.6) is 0 Å². The number of nitrogens with one attached hydrogen (secondary N) is 1. The molecule has 102 valence electrons. The summed E-state index contributed by atoms with van der Waals surface area (Å²) in [5.41, 5.74) is 0.928. The summed E-state index contributed by atoms with van der Waals surface area (Å²) < 4.78 is 13.2. The van der Waals surface area contributed by atoms with Crippen molar-refractivity contribution in [3.05, 3.63) is 35.1 Å². The van der Waals surface area contributed by atoms with Crippen molar-refractivity contribution in [1.29, 1.82) is 5.26 Å². The maximum absolute atomic E-state index is 13.2. The second kappa shape index (κ2) is 6.86. The Morgan fingerprint density at radius 1 is 1.53 bits per heavy atom. The predicted molar refractivity (Wildman–Crippen MR) is 70.7 cm³/mol. The third-order valence-corrected chi connectivity index (χ3v) is 2.92. The normalized spacial score (nSPS) is 11.7. The minimum atomic E-state index is -0.444. The minimum Gasteiger partial charge on any atom is -0.345 e. The predicted octanol–water partition coefficient (Wildman–Crippen LogP) is 1.65. The van der Waals surface area contributed by atoms with Gasteiger partial charge < -0.3 is 10.2 Å². The quantitative estimate of drug-likeness (QED) is 0.879. The highest BCUT2D eigenvalue weighted by molar-refractivity contribution is 5.81. The number of amides is 1. The van der Waals surface area contributed by atoms with Crippen molar-refractivity contribution < 1.29 is 9.18 Å². The van der Waals surface area contributed by atoms with Crippen LogP contribution in [-0.2, 0) is 11.3 Å². The molecule has 1 aromatic carbocycles. The largest absolute Gasteiger partial charge is 0.345 e. The van der Waals surface area contributed by atoms with Crippen molar-refractivity contribution in [2.75, 3.05) is 13.6 Å². The number of hydrogen-bond acceptors (Lipinski definition) is 3. The summed E-state index contributed by atoms with van der Waals surface area (Å²) in [5, 5.41) is 11.8. The van der Waals surface area contributed by atoms with Gasteiger partial charge in [0.05, 0.1) is 17.7 Å². The lowest BCUT2D eigenvalue weighted by molar-refractivity contribution is -0.131.